The molecule has 4 rings (SSSR count). The maximum atomic E-state index is 13.1. The molecule has 3 heterocycles. The Kier molecular flexibility index (Phi) is 4.82. The lowest BCUT2D eigenvalue weighted by Gasteiger charge is -2.28. The number of nitrogens with zero attached hydrogens (tertiary/aromatic N) is 2. The molecule has 0 saturated carbocycles. The van der Waals surface area contributed by atoms with E-state index in [-0.39, 0.29) is 11.9 Å². The maximum absolute atomic E-state index is 13.1. The minimum absolute atomic E-state index is 0.0895. The summed E-state index contributed by atoms with van der Waals surface area (Å²) in [6, 6.07) is 12.0. The third kappa shape index (κ3) is 3.07. The van der Waals surface area contributed by atoms with E-state index in [1.807, 2.05) is 36.6 Å². The highest BCUT2D eigenvalue weighted by Gasteiger charge is 2.43. The molecular formula is C20H21N3O3S. The molecule has 3 aromatic rings. The van der Waals surface area contributed by atoms with Crippen LogP contribution in [0.1, 0.15) is 32.5 Å². The number of aromatic amines is 1. The first kappa shape index (κ1) is 17.9. The fourth-order valence-corrected chi connectivity index (χ4v) is 4.31. The van der Waals surface area contributed by atoms with Gasteiger partial charge in [0.05, 0.1) is 18.3 Å². The van der Waals surface area contributed by atoms with Crippen molar-refractivity contribution in [2.45, 2.75) is 19.3 Å². The molecule has 1 amide bonds. The van der Waals surface area contributed by atoms with Gasteiger partial charge in [-0.15, -0.1) is 11.3 Å². The summed E-state index contributed by atoms with van der Waals surface area (Å²) in [5.74, 6) is -0.0895. The van der Waals surface area contributed by atoms with E-state index in [9.17, 15) is 4.79 Å². The van der Waals surface area contributed by atoms with E-state index in [2.05, 4.69) is 22.3 Å². The van der Waals surface area contributed by atoms with Crippen molar-refractivity contribution >= 4 is 17.2 Å². The van der Waals surface area contributed by atoms with Gasteiger partial charge in [-0.3, -0.25) is 9.89 Å². The standard InChI is InChI=1S/C20H21N3O3S/c1-12-6-8-13(9-7-12)17-16-18(22-21-17)20(24)23(11-15(25-2)26-3)19(16)14-5-4-10-27-14/h4-10,15,19H,11H2,1-3H3,(H,21,22). The number of carbonyl (C=O) groups is 1. The second-order valence-corrected chi connectivity index (χ2v) is 7.48. The minimum atomic E-state index is -0.490. The van der Waals surface area contributed by atoms with E-state index < -0.39 is 6.29 Å². The maximum Gasteiger partial charge on any atom is 0.273 e. The molecule has 1 N–H and O–H groups in total. The van der Waals surface area contributed by atoms with E-state index in [0.717, 1.165) is 21.7 Å². The monoisotopic (exact) mass is 383 g/mol. The van der Waals surface area contributed by atoms with Crippen molar-refractivity contribution in [1.82, 2.24) is 15.1 Å². The number of nitrogens with one attached hydrogen (secondary N) is 1. The number of benzene rings is 1. The van der Waals surface area contributed by atoms with E-state index in [1.54, 1.807) is 30.5 Å². The number of ether oxygens (including phenoxy) is 2. The van der Waals surface area contributed by atoms with Crippen molar-refractivity contribution in [2.75, 3.05) is 20.8 Å². The molecule has 0 spiro atoms. The third-order valence-electron chi connectivity index (χ3n) is 4.87. The largest absolute Gasteiger partial charge is 0.354 e. The van der Waals surface area contributed by atoms with Gasteiger partial charge in [-0.05, 0) is 18.4 Å². The summed E-state index contributed by atoms with van der Waals surface area (Å²) in [4.78, 5) is 16.0. The zero-order valence-corrected chi connectivity index (χ0v) is 16.2. The Balaban J connectivity index is 1.81. The normalized spacial score (nSPS) is 16.4. The molecule has 0 radical (unpaired) electrons. The highest BCUT2D eigenvalue weighted by molar-refractivity contribution is 7.10. The second-order valence-electron chi connectivity index (χ2n) is 6.50. The summed E-state index contributed by atoms with van der Waals surface area (Å²) < 4.78 is 10.7. The Morgan fingerprint density at radius 1 is 1.22 bits per heavy atom. The number of hydrogen-bond acceptors (Lipinski definition) is 5. The molecule has 2 aromatic heterocycles. The van der Waals surface area contributed by atoms with Crippen LogP contribution < -0.4 is 0 Å². The number of methoxy groups -OCH3 is 2. The van der Waals surface area contributed by atoms with E-state index in [1.165, 1.54) is 5.56 Å². The van der Waals surface area contributed by atoms with Crippen LogP contribution in [-0.4, -0.2) is 48.1 Å². The summed E-state index contributed by atoms with van der Waals surface area (Å²) >= 11 is 1.62. The number of aryl methyl sites for hydroxylation is 1. The first-order valence-electron chi connectivity index (χ1n) is 8.69. The minimum Gasteiger partial charge on any atom is -0.354 e. The van der Waals surface area contributed by atoms with Crippen LogP contribution >= 0.6 is 11.3 Å². The average molecular weight is 383 g/mol. The number of aromatic nitrogens is 2. The first-order valence-corrected chi connectivity index (χ1v) is 9.57. The van der Waals surface area contributed by atoms with Gasteiger partial charge < -0.3 is 14.4 Å². The quantitative estimate of drug-likeness (QED) is 0.661. The van der Waals surface area contributed by atoms with Gasteiger partial charge in [0, 0.05) is 30.2 Å². The summed E-state index contributed by atoms with van der Waals surface area (Å²) in [6.07, 6.45) is -0.490. The van der Waals surface area contributed by atoms with Crippen LogP contribution in [0.25, 0.3) is 11.3 Å². The topological polar surface area (TPSA) is 67.5 Å². The van der Waals surface area contributed by atoms with Gasteiger partial charge in [-0.1, -0.05) is 35.9 Å². The van der Waals surface area contributed by atoms with Crippen molar-refractivity contribution in [1.29, 1.82) is 0 Å². The molecule has 0 aliphatic carbocycles. The fourth-order valence-electron chi connectivity index (χ4n) is 3.47. The lowest BCUT2D eigenvalue weighted by Crippen LogP contribution is -2.37. The summed E-state index contributed by atoms with van der Waals surface area (Å²) in [7, 11) is 3.15. The fraction of sp³-hybridized carbons (Fsp3) is 0.300. The molecule has 1 aromatic carbocycles. The first-order chi connectivity index (χ1) is 13.1. The molecule has 0 bridgehead atoms. The van der Waals surface area contributed by atoms with Crippen LogP contribution in [0, 0.1) is 6.92 Å². The zero-order valence-electron chi connectivity index (χ0n) is 15.4. The Morgan fingerprint density at radius 3 is 2.59 bits per heavy atom. The number of thiophene rings is 1. The molecule has 0 saturated heterocycles. The average Bonchev–Trinajstić information content (AvgIpc) is 3.39. The van der Waals surface area contributed by atoms with Crippen molar-refractivity contribution in [3.8, 4) is 11.3 Å². The van der Waals surface area contributed by atoms with Crippen LogP contribution in [0.5, 0.6) is 0 Å². The summed E-state index contributed by atoms with van der Waals surface area (Å²) in [5, 5.41) is 9.45. The van der Waals surface area contributed by atoms with E-state index in [4.69, 9.17) is 9.47 Å². The van der Waals surface area contributed by atoms with Crippen molar-refractivity contribution in [2.24, 2.45) is 0 Å². The van der Waals surface area contributed by atoms with E-state index >= 15 is 0 Å². The number of carbonyl (C=O) groups excluding carboxylic acids is 1. The molecule has 6 nitrogen and oxygen atoms in total. The van der Waals surface area contributed by atoms with Crippen molar-refractivity contribution in [3.05, 3.63) is 63.5 Å². The number of rotatable bonds is 6. The van der Waals surface area contributed by atoms with Crippen LogP contribution in [-0.2, 0) is 9.47 Å². The summed E-state index contributed by atoms with van der Waals surface area (Å²) in [6.45, 7) is 2.39. The van der Waals surface area contributed by atoms with Gasteiger partial charge in [0.2, 0.25) is 0 Å². The lowest BCUT2D eigenvalue weighted by atomic mass is 10.00. The summed E-state index contributed by atoms with van der Waals surface area (Å²) in [5.41, 5.74) is 4.43. The van der Waals surface area contributed by atoms with Gasteiger partial charge >= 0.3 is 0 Å². The molecule has 1 aliphatic rings. The molecule has 140 valence electrons. The van der Waals surface area contributed by atoms with E-state index in [0.29, 0.717) is 12.2 Å². The second kappa shape index (κ2) is 7.26. The van der Waals surface area contributed by atoms with Gasteiger partial charge in [0.15, 0.2) is 6.29 Å². The predicted molar refractivity (Wildman–Crippen MR) is 104 cm³/mol. The Morgan fingerprint density at radius 2 is 1.96 bits per heavy atom. The highest BCUT2D eigenvalue weighted by Crippen LogP contribution is 2.44. The number of fused-ring (bicyclic) bond motifs is 1. The van der Waals surface area contributed by atoms with Gasteiger partial charge in [-0.2, -0.15) is 5.10 Å². The van der Waals surface area contributed by atoms with Crippen LogP contribution in [0.15, 0.2) is 41.8 Å². The molecular weight excluding hydrogens is 362 g/mol. The number of amides is 1. The predicted octanol–water partition coefficient (Wildman–Crippen LogP) is 3.61. The van der Waals surface area contributed by atoms with Gasteiger partial charge in [0.1, 0.15) is 5.69 Å². The molecule has 27 heavy (non-hydrogen) atoms. The number of hydrogen-bond donors (Lipinski definition) is 1. The van der Waals surface area contributed by atoms with Crippen LogP contribution in [0.2, 0.25) is 0 Å². The van der Waals surface area contributed by atoms with Crippen molar-refractivity contribution in [3.63, 3.8) is 0 Å². The Hall–Kier alpha value is -2.48. The molecule has 1 unspecified atom stereocenters. The Labute approximate surface area is 161 Å². The van der Waals surface area contributed by atoms with Gasteiger partial charge in [0.25, 0.3) is 5.91 Å². The van der Waals surface area contributed by atoms with Crippen molar-refractivity contribution < 1.29 is 14.3 Å². The Bertz CT molecular complexity index is 930. The molecule has 1 atom stereocenters. The molecule has 1 aliphatic heterocycles. The van der Waals surface area contributed by atoms with Crippen LogP contribution in [0.3, 0.4) is 0 Å². The molecule has 0 fully saturated rings. The van der Waals surface area contributed by atoms with Gasteiger partial charge in [-0.25, -0.2) is 0 Å². The SMILES string of the molecule is COC(CN1C(=O)c2[nH]nc(-c3ccc(C)cc3)c2C1c1cccs1)OC. The smallest absolute Gasteiger partial charge is 0.273 e. The molecule has 7 heteroatoms. The number of H-pyrrole nitrogens is 1. The third-order valence-corrected chi connectivity index (χ3v) is 5.80. The van der Waals surface area contributed by atoms with Crippen LogP contribution in [0.4, 0.5) is 0 Å². The highest BCUT2D eigenvalue weighted by atomic mass is 32.1. The zero-order chi connectivity index (χ0) is 19.0. The lowest BCUT2D eigenvalue weighted by molar-refractivity contribution is -0.113.